The molecule has 150 valence electrons. The Kier molecular flexibility index (Phi) is 4.45. The number of alkyl halides is 2. The molecule has 2 aromatic heterocycles. The molecule has 1 aromatic carbocycles. The van der Waals surface area contributed by atoms with Crippen LogP contribution in [0.5, 0.6) is 11.5 Å². The quantitative estimate of drug-likeness (QED) is 0.693. The highest BCUT2D eigenvalue weighted by molar-refractivity contribution is 6.05. The van der Waals surface area contributed by atoms with Crippen LogP contribution in [0.25, 0.3) is 11.1 Å². The number of ether oxygens (including phenoxy) is 2. The van der Waals surface area contributed by atoms with E-state index in [9.17, 15) is 13.6 Å². The van der Waals surface area contributed by atoms with Gasteiger partial charge in [0.1, 0.15) is 17.1 Å². The number of carbonyl (C=O) groups is 1. The third kappa shape index (κ3) is 3.51. The molecule has 9 heteroatoms. The first-order chi connectivity index (χ1) is 13.8. The molecule has 0 spiro atoms. The van der Waals surface area contributed by atoms with Crippen LogP contribution in [-0.2, 0) is 6.42 Å². The van der Waals surface area contributed by atoms with E-state index in [0.717, 1.165) is 5.56 Å². The topological polar surface area (TPSA) is 86.5 Å². The molecule has 4 rings (SSSR count). The Balaban J connectivity index is 1.56. The number of fused-ring (bicyclic) bond motifs is 1. The molecule has 0 bridgehead atoms. The SMILES string of the molecule is CCc1noc(C)c1C(=O)Nc1ccc(-c2cc3c(cc2C)OC(F)(F)O3)cn1. The summed E-state index contributed by atoms with van der Waals surface area (Å²) in [5.74, 6) is 0.365. The van der Waals surface area contributed by atoms with Gasteiger partial charge in [-0.25, -0.2) is 4.98 Å². The minimum absolute atomic E-state index is 0.0103. The van der Waals surface area contributed by atoms with Gasteiger partial charge in [0.2, 0.25) is 0 Å². The molecule has 0 unspecified atom stereocenters. The number of benzene rings is 1. The average Bonchev–Trinajstić information content (AvgIpc) is 3.19. The normalized spacial score (nSPS) is 14.1. The Hall–Kier alpha value is -3.49. The number of amides is 1. The third-order valence-corrected chi connectivity index (χ3v) is 4.56. The summed E-state index contributed by atoms with van der Waals surface area (Å²) in [4.78, 5) is 16.8. The maximum absolute atomic E-state index is 13.3. The molecule has 1 N–H and O–H groups in total. The fraction of sp³-hybridized carbons (Fsp3) is 0.250. The van der Waals surface area contributed by atoms with Gasteiger partial charge in [-0.3, -0.25) is 4.79 Å². The van der Waals surface area contributed by atoms with E-state index < -0.39 is 6.29 Å². The Morgan fingerprint density at radius 1 is 1.17 bits per heavy atom. The van der Waals surface area contributed by atoms with Gasteiger partial charge in [-0.1, -0.05) is 12.1 Å². The molecule has 0 saturated heterocycles. The van der Waals surface area contributed by atoms with Crippen molar-refractivity contribution >= 4 is 11.7 Å². The van der Waals surface area contributed by atoms with E-state index in [1.54, 1.807) is 32.2 Å². The summed E-state index contributed by atoms with van der Waals surface area (Å²) in [7, 11) is 0. The fourth-order valence-electron chi connectivity index (χ4n) is 3.17. The number of pyridine rings is 1. The highest BCUT2D eigenvalue weighted by atomic mass is 19.3. The van der Waals surface area contributed by atoms with Crippen LogP contribution in [0.15, 0.2) is 35.0 Å². The van der Waals surface area contributed by atoms with E-state index >= 15 is 0 Å². The number of hydrogen-bond donors (Lipinski definition) is 1. The predicted molar refractivity (Wildman–Crippen MR) is 99.2 cm³/mol. The molecule has 0 radical (unpaired) electrons. The van der Waals surface area contributed by atoms with E-state index in [2.05, 4.69) is 24.9 Å². The van der Waals surface area contributed by atoms with Crippen molar-refractivity contribution in [2.75, 3.05) is 5.32 Å². The Labute approximate surface area is 164 Å². The smallest absolute Gasteiger partial charge is 0.395 e. The molecule has 0 atom stereocenters. The zero-order chi connectivity index (χ0) is 20.8. The van der Waals surface area contributed by atoms with Gasteiger partial charge in [0.15, 0.2) is 11.5 Å². The van der Waals surface area contributed by atoms with Gasteiger partial charge in [-0.05, 0) is 55.7 Å². The first-order valence-corrected chi connectivity index (χ1v) is 8.91. The number of rotatable bonds is 4. The van der Waals surface area contributed by atoms with Gasteiger partial charge in [-0.2, -0.15) is 0 Å². The number of nitrogens with zero attached hydrogens (tertiary/aromatic N) is 2. The van der Waals surface area contributed by atoms with Crippen molar-refractivity contribution in [3.05, 3.63) is 53.0 Å². The molecule has 1 aliphatic rings. The molecular weight excluding hydrogens is 384 g/mol. The first-order valence-electron chi connectivity index (χ1n) is 8.91. The molecule has 1 amide bonds. The lowest BCUT2D eigenvalue weighted by Crippen LogP contribution is -2.25. The molecule has 3 aromatic rings. The van der Waals surface area contributed by atoms with Crippen molar-refractivity contribution in [2.24, 2.45) is 0 Å². The van der Waals surface area contributed by atoms with Crippen molar-refractivity contribution in [1.82, 2.24) is 10.1 Å². The summed E-state index contributed by atoms with van der Waals surface area (Å²) in [6.45, 7) is 5.32. The van der Waals surface area contributed by atoms with Crippen molar-refractivity contribution in [1.29, 1.82) is 0 Å². The van der Waals surface area contributed by atoms with Gasteiger partial charge in [-0.15, -0.1) is 8.78 Å². The minimum Gasteiger partial charge on any atom is -0.395 e. The van der Waals surface area contributed by atoms with Gasteiger partial charge >= 0.3 is 6.29 Å². The maximum atomic E-state index is 13.3. The summed E-state index contributed by atoms with van der Waals surface area (Å²) >= 11 is 0. The van der Waals surface area contributed by atoms with Crippen molar-refractivity contribution in [3.8, 4) is 22.6 Å². The van der Waals surface area contributed by atoms with Crippen LogP contribution in [0, 0.1) is 13.8 Å². The van der Waals surface area contributed by atoms with Gasteiger partial charge in [0.25, 0.3) is 5.91 Å². The lowest BCUT2D eigenvalue weighted by atomic mass is 10.0. The number of nitrogens with one attached hydrogen (secondary N) is 1. The van der Waals surface area contributed by atoms with Crippen molar-refractivity contribution < 1.29 is 27.6 Å². The minimum atomic E-state index is -3.67. The largest absolute Gasteiger partial charge is 0.586 e. The highest BCUT2D eigenvalue weighted by Gasteiger charge is 2.43. The Morgan fingerprint density at radius 3 is 2.55 bits per heavy atom. The van der Waals surface area contributed by atoms with Crippen LogP contribution >= 0.6 is 0 Å². The van der Waals surface area contributed by atoms with Crippen LogP contribution < -0.4 is 14.8 Å². The average molecular weight is 401 g/mol. The second-order valence-electron chi connectivity index (χ2n) is 6.58. The van der Waals surface area contributed by atoms with E-state index in [1.807, 2.05) is 6.92 Å². The second kappa shape index (κ2) is 6.84. The number of anilines is 1. The monoisotopic (exact) mass is 401 g/mol. The fourth-order valence-corrected chi connectivity index (χ4v) is 3.17. The second-order valence-corrected chi connectivity index (χ2v) is 6.58. The van der Waals surface area contributed by atoms with Crippen LogP contribution in [-0.4, -0.2) is 22.3 Å². The van der Waals surface area contributed by atoms with Gasteiger partial charge in [0, 0.05) is 11.8 Å². The maximum Gasteiger partial charge on any atom is 0.586 e. The predicted octanol–water partition coefficient (Wildman–Crippen LogP) is 4.49. The van der Waals surface area contributed by atoms with E-state index in [1.165, 1.54) is 12.1 Å². The number of aromatic nitrogens is 2. The first kappa shape index (κ1) is 18.9. The summed E-state index contributed by atoms with van der Waals surface area (Å²) in [6.07, 6.45) is -1.56. The summed E-state index contributed by atoms with van der Waals surface area (Å²) < 4.78 is 40.6. The molecule has 29 heavy (non-hydrogen) atoms. The molecule has 0 aliphatic carbocycles. The van der Waals surface area contributed by atoms with Gasteiger partial charge < -0.3 is 19.3 Å². The number of hydrogen-bond acceptors (Lipinski definition) is 6. The molecular formula is C20H17F2N3O4. The molecule has 0 saturated carbocycles. The lowest BCUT2D eigenvalue weighted by Gasteiger charge is -2.09. The number of carbonyl (C=O) groups excluding carboxylic acids is 1. The van der Waals surface area contributed by atoms with Crippen LogP contribution in [0.1, 0.15) is 34.3 Å². The highest BCUT2D eigenvalue weighted by Crippen LogP contribution is 2.44. The number of halogens is 2. The van der Waals surface area contributed by atoms with Gasteiger partial charge in [0.05, 0.1) is 5.69 Å². The van der Waals surface area contributed by atoms with Crippen LogP contribution in [0.2, 0.25) is 0 Å². The zero-order valence-electron chi connectivity index (χ0n) is 15.9. The Bertz CT molecular complexity index is 1090. The Morgan fingerprint density at radius 2 is 1.90 bits per heavy atom. The zero-order valence-corrected chi connectivity index (χ0v) is 15.9. The van der Waals surface area contributed by atoms with E-state index in [0.29, 0.717) is 40.4 Å². The van der Waals surface area contributed by atoms with Crippen molar-refractivity contribution in [3.63, 3.8) is 0 Å². The molecule has 7 nitrogen and oxygen atoms in total. The summed E-state index contributed by atoms with van der Waals surface area (Å²) in [6, 6.07) is 6.32. The standard InChI is InChI=1S/C20H17F2N3O4/c1-4-14-18(11(3)29-25-14)19(26)24-17-6-5-12(9-23-17)13-8-16-15(7-10(13)2)27-20(21,22)28-16/h5-9H,4H2,1-3H3,(H,23,24,26). The summed E-state index contributed by atoms with van der Waals surface area (Å²) in [5.41, 5.74) is 3.03. The molecule has 1 aliphatic heterocycles. The third-order valence-electron chi connectivity index (χ3n) is 4.56. The lowest BCUT2D eigenvalue weighted by molar-refractivity contribution is -0.286. The van der Waals surface area contributed by atoms with E-state index in [-0.39, 0.29) is 17.4 Å². The van der Waals surface area contributed by atoms with E-state index in [4.69, 9.17) is 4.52 Å². The number of aryl methyl sites for hydroxylation is 3. The van der Waals surface area contributed by atoms with Crippen LogP contribution in [0.3, 0.4) is 0 Å². The van der Waals surface area contributed by atoms with Crippen LogP contribution in [0.4, 0.5) is 14.6 Å². The molecule has 3 heterocycles. The molecule has 0 fully saturated rings. The van der Waals surface area contributed by atoms with Crippen molar-refractivity contribution in [2.45, 2.75) is 33.5 Å². The summed E-state index contributed by atoms with van der Waals surface area (Å²) in [5, 5.41) is 6.58.